The first kappa shape index (κ1) is 13.1. The van der Waals surface area contributed by atoms with Crippen LogP contribution in [-0.2, 0) is 20.0 Å². The summed E-state index contributed by atoms with van der Waals surface area (Å²) in [5, 5.41) is 3.35. The number of aryl methyl sites for hydroxylation is 1. The number of fused-ring (bicyclic) bond motifs is 1. The van der Waals surface area contributed by atoms with Gasteiger partial charge in [-0.25, -0.2) is 4.98 Å². The van der Waals surface area contributed by atoms with Crippen molar-refractivity contribution in [2.75, 3.05) is 6.54 Å². The Morgan fingerprint density at radius 1 is 1.33 bits per heavy atom. The van der Waals surface area contributed by atoms with E-state index >= 15 is 0 Å². The first-order valence-electron chi connectivity index (χ1n) is 6.76. The number of hydrogen-bond acceptors (Lipinski definition) is 2. The predicted molar refractivity (Wildman–Crippen MR) is 76.6 cm³/mol. The largest absolute Gasteiger partial charge is 0.331 e. The molecular formula is C15H23N3. The van der Waals surface area contributed by atoms with Crippen LogP contribution < -0.4 is 5.32 Å². The third-order valence-corrected chi connectivity index (χ3v) is 3.21. The molecule has 0 bridgehead atoms. The summed E-state index contributed by atoms with van der Waals surface area (Å²) >= 11 is 0. The van der Waals surface area contributed by atoms with Crippen molar-refractivity contribution in [1.29, 1.82) is 0 Å². The molecule has 98 valence electrons. The molecule has 0 aliphatic heterocycles. The van der Waals surface area contributed by atoms with Crippen LogP contribution in [0.3, 0.4) is 0 Å². The Labute approximate surface area is 109 Å². The molecule has 0 unspecified atom stereocenters. The number of nitrogens with one attached hydrogen (secondary N) is 1. The second kappa shape index (κ2) is 5.53. The maximum absolute atomic E-state index is 4.76. The van der Waals surface area contributed by atoms with Crippen LogP contribution in [0.1, 0.15) is 32.2 Å². The molecular weight excluding hydrogens is 222 g/mol. The molecule has 0 radical (unpaired) electrons. The monoisotopic (exact) mass is 245 g/mol. The van der Waals surface area contributed by atoms with Gasteiger partial charge in [-0.3, -0.25) is 0 Å². The van der Waals surface area contributed by atoms with Gasteiger partial charge in [0.15, 0.2) is 0 Å². The molecule has 3 heteroatoms. The van der Waals surface area contributed by atoms with E-state index in [1.54, 1.807) is 0 Å². The van der Waals surface area contributed by atoms with E-state index < -0.39 is 0 Å². The Morgan fingerprint density at radius 3 is 2.78 bits per heavy atom. The van der Waals surface area contributed by atoms with Crippen molar-refractivity contribution >= 4 is 11.0 Å². The second-order valence-electron chi connectivity index (χ2n) is 5.29. The maximum Gasteiger partial charge on any atom is 0.109 e. The van der Waals surface area contributed by atoms with Crippen molar-refractivity contribution in [3.8, 4) is 0 Å². The highest BCUT2D eigenvalue weighted by Crippen LogP contribution is 2.18. The van der Waals surface area contributed by atoms with Gasteiger partial charge in [0.25, 0.3) is 0 Å². The van der Waals surface area contributed by atoms with Gasteiger partial charge < -0.3 is 9.88 Å². The fourth-order valence-corrected chi connectivity index (χ4v) is 2.22. The summed E-state index contributed by atoms with van der Waals surface area (Å²) in [6.07, 6.45) is 1.04. The summed E-state index contributed by atoms with van der Waals surface area (Å²) in [5.41, 5.74) is 3.65. The van der Waals surface area contributed by atoms with Gasteiger partial charge >= 0.3 is 0 Å². The van der Waals surface area contributed by atoms with Crippen LogP contribution in [0, 0.1) is 5.92 Å². The number of rotatable bonds is 5. The standard InChI is InChI=1S/C15H23N3/c1-5-16-10-12-6-7-14-13(9-12)17-15(18(14)4)8-11(2)3/h6-7,9,11,16H,5,8,10H2,1-4H3. The van der Waals surface area contributed by atoms with Crippen molar-refractivity contribution in [3.63, 3.8) is 0 Å². The number of benzene rings is 1. The number of nitrogens with zero attached hydrogens (tertiary/aromatic N) is 2. The number of aromatic nitrogens is 2. The van der Waals surface area contributed by atoms with Crippen molar-refractivity contribution in [1.82, 2.24) is 14.9 Å². The van der Waals surface area contributed by atoms with Gasteiger partial charge in [-0.05, 0) is 30.2 Å². The smallest absolute Gasteiger partial charge is 0.109 e. The first-order chi connectivity index (χ1) is 8.61. The van der Waals surface area contributed by atoms with Gasteiger partial charge in [-0.1, -0.05) is 26.8 Å². The molecule has 1 aromatic heterocycles. The van der Waals surface area contributed by atoms with Crippen LogP contribution in [0.4, 0.5) is 0 Å². The van der Waals surface area contributed by atoms with Crippen LogP contribution >= 0.6 is 0 Å². The average Bonchev–Trinajstić information content (AvgIpc) is 2.63. The molecule has 2 aromatic rings. The van der Waals surface area contributed by atoms with E-state index in [4.69, 9.17) is 4.98 Å². The lowest BCUT2D eigenvalue weighted by molar-refractivity contribution is 0.606. The molecule has 0 spiro atoms. The van der Waals surface area contributed by atoms with Gasteiger partial charge in [0.05, 0.1) is 11.0 Å². The molecule has 0 atom stereocenters. The molecule has 1 aromatic carbocycles. The van der Waals surface area contributed by atoms with Crippen LogP contribution in [0.2, 0.25) is 0 Å². The van der Waals surface area contributed by atoms with Crippen molar-refractivity contribution < 1.29 is 0 Å². The normalized spacial score (nSPS) is 11.6. The predicted octanol–water partition coefficient (Wildman–Crippen LogP) is 2.88. The van der Waals surface area contributed by atoms with E-state index in [0.717, 1.165) is 25.0 Å². The van der Waals surface area contributed by atoms with Crippen LogP contribution in [-0.4, -0.2) is 16.1 Å². The molecule has 0 fully saturated rings. The van der Waals surface area contributed by atoms with E-state index in [0.29, 0.717) is 5.92 Å². The summed E-state index contributed by atoms with van der Waals surface area (Å²) < 4.78 is 2.21. The molecule has 2 rings (SSSR count). The topological polar surface area (TPSA) is 29.9 Å². The summed E-state index contributed by atoms with van der Waals surface area (Å²) in [5.74, 6) is 1.82. The lowest BCUT2D eigenvalue weighted by Crippen LogP contribution is -2.11. The van der Waals surface area contributed by atoms with Gasteiger partial charge in [0.2, 0.25) is 0 Å². The van der Waals surface area contributed by atoms with Gasteiger partial charge in [0.1, 0.15) is 5.82 Å². The Bertz CT molecular complexity index is 526. The average molecular weight is 245 g/mol. The van der Waals surface area contributed by atoms with Gasteiger partial charge in [0, 0.05) is 20.0 Å². The highest BCUT2D eigenvalue weighted by molar-refractivity contribution is 5.76. The van der Waals surface area contributed by atoms with E-state index in [2.05, 4.69) is 55.9 Å². The Balaban J connectivity index is 2.32. The zero-order chi connectivity index (χ0) is 13.1. The van der Waals surface area contributed by atoms with E-state index in [9.17, 15) is 0 Å². The van der Waals surface area contributed by atoms with Crippen LogP contribution in [0.15, 0.2) is 18.2 Å². The van der Waals surface area contributed by atoms with Crippen LogP contribution in [0.25, 0.3) is 11.0 Å². The fraction of sp³-hybridized carbons (Fsp3) is 0.533. The summed E-state index contributed by atoms with van der Waals surface area (Å²) in [7, 11) is 2.11. The molecule has 0 aliphatic rings. The third kappa shape index (κ3) is 2.72. The quantitative estimate of drug-likeness (QED) is 0.878. The lowest BCUT2D eigenvalue weighted by atomic mass is 10.1. The molecule has 0 amide bonds. The first-order valence-corrected chi connectivity index (χ1v) is 6.76. The fourth-order valence-electron chi connectivity index (χ4n) is 2.22. The molecule has 1 N–H and O–H groups in total. The van der Waals surface area contributed by atoms with Gasteiger partial charge in [-0.2, -0.15) is 0 Å². The van der Waals surface area contributed by atoms with Crippen LogP contribution in [0.5, 0.6) is 0 Å². The minimum absolute atomic E-state index is 0.641. The molecule has 0 saturated carbocycles. The molecule has 0 saturated heterocycles. The minimum Gasteiger partial charge on any atom is -0.331 e. The number of hydrogen-bond donors (Lipinski definition) is 1. The van der Waals surface area contributed by atoms with E-state index in [-0.39, 0.29) is 0 Å². The van der Waals surface area contributed by atoms with E-state index in [1.165, 1.54) is 16.9 Å². The number of imidazole rings is 1. The molecule has 0 aliphatic carbocycles. The lowest BCUT2D eigenvalue weighted by Gasteiger charge is -2.04. The van der Waals surface area contributed by atoms with Crippen molar-refractivity contribution in [2.45, 2.75) is 33.7 Å². The minimum atomic E-state index is 0.641. The van der Waals surface area contributed by atoms with Crippen molar-refractivity contribution in [2.24, 2.45) is 13.0 Å². The summed E-state index contributed by atoms with van der Waals surface area (Å²) in [4.78, 5) is 4.76. The Morgan fingerprint density at radius 2 is 2.11 bits per heavy atom. The zero-order valence-corrected chi connectivity index (χ0v) is 11.8. The third-order valence-electron chi connectivity index (χ3n) is 3.21. The Hall–Kier alpha value is -1.35. The highest BCUT2D eigenvalue weighted by atomic mass is 15.1. The second-order valence-corrected chi connectivity index (χ2v) is 5.29. The Kier molecular flexibility index (Phi) is 4.02. The zero-order valence-electron chi connectivity index (χ0n) is 11.8. The van der Waals surface area contributed by atoms with Gasteiger partial charge in [-0.15, -0.1) is 0 Å². The SMILES string of the molecule is CCNCc1ccc2c(c1)nc(CC(C)C)n2C. The highest BCUT2D eigenvalue weighted by Gasteiger charge is 2.09. The van der Waals surface area contributed by atoms with Crippen molar-refractivity contribution in [3.05, 3.63) is 29.6 Å². The summed E-state index contributed by atoms with van der Waals surface area (Å²) in [6.45, 7) is 8.51. The maximum atomic E-state index is 4.76. The molecule has 3 nitrogen and oxygen atoms in total. The van der Waals surface area contributed by atoms with E-state index in [1.807, 2.05) is 0 Å². The molecule has 1 heterocycles. The molecule has 18 heavy (non-hydrogen) atoms. The summed E-state index contributed by atoms with van der Waals surface area (Å²) in [6, 6.07) is 6.56.